The van der Waals surface area contributed by atoms with Crippen LogP contribution in [0.15, 0.2) is 46.7 Å². The lowest BCUT2D eigenvalue weighted by molar-refractivity contribution is 0.149. The van der Waals surface area contributed by atoms with E-state index in [0.29, 0.717) is 12.6 Å². The van der Waals surface area contributed by atoms with E-state index in [1.165, 1.54) is 15.3 Å². The molecule has 0 fully saturated rings. The monoisotopic (exact) mass is 320 g/mol. The number of hydrogen-bond donors (Lipinski definition) is 1. The Bertz CT molecular complexity index is 520. The van der Waals surface area contributed by atoms with Crippen molar-refractivity contribution in [1.29, 1.82) is 0 Å². The maximum atomic E-state index is 6.10. The highest BCUT2D eigenvalue weighted by atomic mass is 32.2. The highest BCUT2D eigenvalue weighted by Gasteiger charge is 2.22. The quantitative estimate of drug-likeness (QED) is 0.768. The number of rotatable bonds is 7. The van der Waals surface area contributed by atoms with Gasteiger partial charge in [-0.1, -0.05) is 18.2 Å². The smallest absolute Gasteiger partial charge is 0.0477 e. The average molecular weight is 321 g/mol. The number of thiophene rings is 1. The molecule has 2 aromatic rings. The van der Waals surface area contributed by atoms with Crippen LogP contribution in [0.3, 0.4) is 0 Å². The highest BCUT2D eigenvalue weighted by molar-refractivity contribution is 7.98. The van der Waals surface area contributed by atoms with Crippen LogP contribution in [0.25, 0.3) is 0 Å². The molecular formula is C17H24N2S2. The summed E-state index contributed by atoms with van der Waals surface area (Å²) >= 11 is 3.58. The van der Waals surface area contributed by atoms with Crippen molar-refractivity contribution >= 4 is 23.1 Å². The van der Waals surface area contributed by atoms with Crippen LogP contribution >= 0.6 is 23.1 Å². The average Bonchev–Trinajstić information content (AvgIpc) is 3.00. The minimum atomic E-state index is 0.267. The predicted molar refractivity (Wildman–Crippen MR) is 95.0 cm³/mol. The van der Waals surface area contributed by atoms with E-state index in [-0.39, 0.29) is 6.04 Å². The first-order valence-corrected chi connectivity index (χ1v) is 9.38. The van der Waals surface area contributed by atoms with E-state index in [2.05, 4.69) is 66.8 Å². The topological polar surface area (TPSA) is 29.3 Å². The Balaban J connectivity index is 2.21. The zero-order valence-corrected chi connectivity index (χ0v) is 14.6. The summed E-state index contributed by atoms with van der Waals surface area (Å²) in [7, 11) is 0. The van der Waals surface area contributed by atoms with Crippen molar-refractivity contribution < 1.29 is 0 Å². The highest BCUT2D eigenvalue weighted by Crippen LogP contribution is 2.27. The number of benzene rings is 1. The first-order chi connectivity index (χ1) is 10.2. The van der Waals surface area contributed by atoms with Crippen molar-refractivity contribution in [3.8, 4) is 0 Å². The van der Waals surface area contributed by atoms with E-state index in [1.807, 2.05) is 11.3 Å². The maximum absolute atomic E-state index is 6.10. The van der Waals surface area contributed by atoms with Crippen LogP contribution in [0.1, 0.15) is 30.3 Å². The van der Waals surface area contributed by atoms with Gasteiger partial charge in [-0.15, -0.1) is 23.1 Å². The second-order valence-electron chi connectivity index (χ2n) is 5.37. The molecule has 2 nitrogen and oxygen atoms in total. The van der Waals surface area contributed by atoms with Crippen LogP contribution in [0.2, 0.25) is 0 Å². The lowest BCUT2D eigenvalue weighted by Crippen LogP contribution is -2.38. The van der Waals surface area contributed by atoms with Gasteiger partial charge in [-0.25, -0.2) is 0 Å². The van der Waals surface area contributed by atoms with Crippen LogP contribution in [0.4, 0.5) is 0 Å². The molecule has 4 heteroatoms. The molecule has 21 heavy (non-hydrogen) atoms. The third kappa shape index (κ3) is 4.33. The third-order valence-corrected chi connectivity index (χ3v) is 5.31. The first kappa shape index (κ1) is 16.6. The van der Waals surface area contributed by atoms with E-state index in [4.69, 9.17) is 5.73 Å². The van der Waals surface area contributed by atoms with Crippen molar-refractivity contribution in [2.75, 3.05) is 12.8 Å². The van der Waals surface area contributed by atoms with E-state index in [0.717, 1.165) is 6.54 Å². The van der Waals surface area contributed by atoms with Gasteiger partial charge in [-0.05, 0) is 49.2 Å². The molecule has 0 aliphatic heterocycles. The van der Waals surface area contributed by atoms with Crippen molar-refractivity contribution in [2.45, 2.75) is 37.4 Å². The molecule has 0 saturated carbocycles. The van der Waals surface area contributed by atoms with Gasteiger partial charge >= 0.3 is 0 Å². The Labute approximate surface area is 136 Å². The van der Waals surface area contributed by atoms with Crippen LogP contribution < -0.4 is 5.73 Å². The summed E-state index contributed by atoms with van der Waals surface area (Å²) in [6.07, 6.45) is 2.10. The summed E-state index contributed by atoms with van der Waals surface area (Å²) in [5, 5.41) is 2.14. The van der Waals surface area contributed by atoms with Gasteiger partial charge in [0.2, 0.25) is 0 Å². The van der Waals surface area contributed by atoms with E-state index in [1.54, 1.807) is 11.8 Å². The Morgan fingerprint density at radius 1 is 1.19 bits per heavy atom. The van der Waals surface area contributed by atoms with Crippen molar-refractivity contribution in [3.63, 3.8) is 0 Å². The molecule has 0 saturated heterocycles. The van der Waals surface area contributed by atoms with Gasteiger partial charge in [0.1, 0.15) is 0 Å². The molecule has 2 N–H and O–H groups in total. The van der Waals surface area contributed by atoms with Crippen molar-refractivity contribution in [1.82, 2.24) is 4.90 Å². The number of thioether (sulfide) groups is 1. The summed E-state index contributed by atoms with van der Waals surface area (Å²) in [4.78, 5) is 5.17. The summed E-state index contributed by atoms with van der Waals surface area (Å²) in [6.45, 7) is 6.09. The zero-order valence-electron chi connectivity index (χ0n) is 13.0. The van der Waals surface area contributed by atoms with Gasteiger partial charge in [0.05, 0.1) is 0 Å². The minimum absolute atomic E-state index is 0.267. The van der Waals surface area contributed by atoms with Crippen LogP contribution in [-0.4, -0.2) is 23.7 Å². The Morgan fingerprint density at radius 3 is 2.38 bits per heavy atom. The molecule has 1 atom stereocenters. The molecule has 0 aliphatic rings. The maximum Gasteiger partial charge on any atom is 0.0477 e. The summed E-state index contributed by atoms with van der Waals surface area (Å²) in [5.74, 6) is 0. The lowest BCUT2D eigenvalue weighted by Gasteiger charge is -2.34. The predicted octanol–water partition coefficient (Wildman–Crippen LogP) is 4.38. The Morgan fingerprint density at radius 2 is 1.90 bits per heavy atom. The molecular weight excluding hydrogens is 296 g/mol. The van der Waals surface area contributed by atoms with Crippen LogP contribution in [0, 0.1) is 0 Å². The van der Waals surface area contributed by atoms with Crippen molar-refractivity contribution in [3.05, 3.63) is 52.2 Å². The molecule has 1 unspecified atom stereocenters. The lowest BCUT2D eigenvalue weighted by atomic mass is 10.0. The number of nitrogens with two attached hydrogens (primary N) is 1. The second kappa shape index (κ2) is 7.99. The largest absolute Gasteiger partial charge is 0.329 e. The Hall–Kier alpha value is -0.810. The fourth-order valence-electron chi connectivity index (χ4n) is 2.52. The SMILES string of the molecule is CSc1ccc(C(CN)N(Cc2cccs2)C(C)C)cc1. The van der Waals surface area contributed by atoms with E-state index < -0.39 is 0 Å². The normalized spacial score (nSPS) is 13.0. The molecule has 0 spiro atoms. The van der Waals surface area contributed by atoms with Gasteiger partial charge in [-0.3, -0.25) is 4.90 Å². The van der Waals surface area contributed by atoms with Gasteiger partial charge in [0.15, 0.2) is 0 Å². The number of hydrogen-bond acceptors (Lipinski definition) is 4. The summed E-state index contributed by atoms with van der Waals surface area (Å²) in [5.41, 5.74) is 7.41. The summed E-state index contributed by atoms with van der Waals surface area (Å²) < 4.78 is 0. The second-order valence-corrected chi connectivity index (χ2v) is 7.28. The first-order valence-electron chi connectivity index (χ1n) is 7.27. The summed E-state index contributed by atoms with van der Waals surface area (Å²) in [6, 6.07) is 13.8. The molecule has 114 valence electrons. The third-order valence-electron chi connectivity index (χ3n) is 3.71. The van der Waals surface area contributed by atoms with Crippen molar-refractivity contribution in [2.24, 2.45) is 5.73 Å². The van der Waals surface area contributed by atoms with Crippen LogP contribution in [0.5, 0.6) is 0 Å². The molecule has 1 aromatic heterocycles. The fourth-order valence-corrected chi connectivity index (χ4v) is 3.65. The van der Waals surface area contributed by atoms with Gasteiger partial charge in [-0.2, -0.15) is 0 Å². The van der Waals surface area contributed by atoms with Crippen LogP contribution in [-0.2, 0) is 6.54 Å². The fraction of sp³-hybridized carbons (Fsp3) is 0.412. The molecule has 1 aromatic carbocycles. The van der Waals surface area contributed by atoms with Gasteiger partial charge in [0.25, 0.3) is 0 Å². The molecule has 2 rings (SSSR count). The van der Waals surface area contributed by atoms with E-state index in [9.17, 15) is 0 Å². The minimum Gasteiger partial charge on any atom is -0.329 e. The molecule has 0 amide bonds. The standard InChI is InChI=1S/C17H24N2S2/c1-13(2)19(12-16-5-4-10-21-16)17(11-18)14-6-8-15(20-3)9-7-14/h4-10,13,17H,11-12,18H2,1-3H3. The molecule has 0 aliphatic carbocycles. The molecule has 0 radical (unpaired) electrons. The molecule has 1 heterocycles. The number of nitrogens with zero attached hydrogens (tertiary/aromatic N) is 1. The Kier molecular flexibility index (Phi) is 6.30. The molecule has 0 bridgehead atoms. The zero-order chi connectivity index (χ0) is 15.2. The van der Waals surface area contributed by atoms with E-state index >= 15 is 0 Å². The van der Waals surface area contributed by atoms with Gasteiger partial charge in [0, 0.05) is 34.9 Å². The van der Waals surface area contributed by atoms with Gasteiger partial charge < -0.3 is 5.73 Å².